The van der Waals surface area contributed by atoms with E-state index in [9.17, 15) is 4.39 Å². The molecule has 0 radical (unpaired) electrons. The first-order chi connectivity index (χ1) is 10.1. The Hall–Kier alpha value is -1.85. The quantitative estimate of drug-likeness (QED) is 0.524. The van der Waals surface area contributed by atoms with Gasteiger partial charge in [-0.25, -0.2) is 4.39 Å². The largest absolute Gasteiger partial charge is 0.377 e. The number of amidine groups is 1. The van der Waals surface area contributed by atoms with Gasteiger partial charge in [0.15, 0.2) is 5.17 Å². The molecule has 6 heteroatoms. The number of hydrogen-bond acceptors (Lipinski definition) is 3. The van der Waals surface area contributed by atoms with Gasteiger partial charge in [-0.1, -0.05) is 53.7 Å². The van der Waals surface area contributed by atoms with Crippen molar-refractivity contribution in [2.24, 2.45) is 15.9 Å². The third kappa shape index (κ3) is 5.21. The molecule has 0 saturated carbocycles. The second kappa shape index (κ2) is 7.81. The normalized spacial score (nSPS) is 12.0. The number of benzene rings is 2. The van der Waals surface area contributed by atoms with Gasteiger partial charge in [0.05, 0.1) is 6.21 Å². The third-order valence-electron chi connectivity index (χ3n) is 2.54. The number of nitrogens with two attached hydrogens (primary N) is 1. The van der Waals surface area contributed by atoms with Crippen LogP contribution in [0, 0.1) is 5.82 Å². The van der Waals surface area contributed by atoms with Crippen molar-refractivity contribution in [3.63, 3.8) is 0 Å². The van der Waals surface area contributed by atoms with Crippen molar-refractivity contribution in [1.82, 2.24) is 0 Å². The van der Waals surface area contributed by atoms with E-state index in [1.807, 2.05) is 30.3 Å². The molecule has 21 heavy (non-hydrogen) atoms. The maximum absolute atomic E-state index is 13.4. The molecule has 0 fully saturated rings. The smallest absolute Gasteiger partial charge is 0.180 e. The van der Waals surface area contributed by atoms with Gasteiger partial charge in [-0.05, 0) is 23.8 Å². The van der Waals surface area contributed by atoms with E-state index < -0.39 is 5.82 Å². The topological polar surface area (TPSA) is 50.7 Å². The summed E-state index contributed by atoms with van der Waals surface area (Å²) in [6.45, 7) is 0. The molecular weight excluding hydrogens is 309 g/mol. The van der Waals surface area contributed by atoms with Gasteiger partial charge in [0.1, 0.15) is 5.82 Å². The molecule has 0 aliphatic heterocycles. The van der Waals surface area contributed by atoms with Crippen LogP contribution < -0.4 is 5.73 Å². The Morgan fingerprint density at radius 1 is 1.24 bits per heavy atom. The van der Waals surface area contributed by atoms with Crippen LogP contribution in [-0.2, 0) is 5.75 Å². The Balaban J connectivity index is 1.93. The van der Waals surface area contributed by atoms with Gasteiger partial charge in [-0.3, -0.25) is 0 Å². The maximum Gasteiger partial charge on any atom is 0.180 e. The highest BCUT2D eigenvalue weighted by Crippen LogP contribution is 2.14. The Morgan fingerprint density at radius 3 is 2.76 bits per heavy atom. The number of rotatable bonds is 4. The average Bonchev–Trinajstić information content (AvgIpc) is 2.50. The maximum atomic E-state index is 13.4. The minimum atomic E-state index is -0.408. The zero-order valence-electron chi connectivity index (χ0n) is 11.0. The van der Waals surface area contributed by atoms with Crippen molar-refractivity contribution in [3.8, 4) is 0 Å². The summed E-state index contributed by atoms with van der Waals surface area (Å²) in [6, 6.07) is 14.1. The number of nitrogens with zero attached hydrogens (tertiary/aromatic N) is 2. The van der Waals surface area contributed by atoms with E-state index in [1.54, 1.807) is 0 Å². The summed E-state index contributed by atoms with van der Waals surface area (Å²) in [5.74, 6) is 0.297. The van der Waals surface area contributed by atoms with Gasteiger partial charge in [-0.2, -0.15) is 5.10 Å². The van der Waals surface area contributed by atoms with Gasteiger partial charge in [-0.15, -0.1) is 5.10 Å². The lowest BCUT2D eigenvalue weighted by molar-refractivity contribution is 0.626. The molecule has 2 rings (SSSR count). The first-order valence-corrected chi connectivity index (χ1v) is 7.50. The van der Waals surface area contributed by atoms with Gasteiger partial charge in [0.25, 0.3) is 0 Å². The molecule has 0 heterocycles. The second-order valence-corrected chi connectivity index (χ2v) is 5.55. The predicted octanol–water partition coefficient (Wildman–Crippen LogP) is 4.06. The van der Waals surface area contributed by atoms with E-state index in [4.69, 9.17) is 17.3 Å². The molecule has 3 nitrogen and oxygen atoms in total. The molecule has 0 aromatic heterocycles. The van der Waals surface area contributed by atoms with E-state index in [0.717, 1.165) is 5.56 Å². The lowest BCUT2D eigenvalue weighted by atomic mass is 10.2. The highest BCUT2D eigenvalue weighted by Gasteiger charge is 2.00. The molecule has 0 aliphatic carbocycles. The molecular formula is C15H13ClFN3S. The van der Waals surface area contributed by atoms with Gasteiger partial charge in [0.2, 0.25) is 0 Å². The SMILES string of the molecule is NC(=NN=Cc1cc(Cl)ccc1F)SCc1ccccc1. The minimum absolute atomic E-state index is 0.270. The van der Waals surface area contributed by atoms with Crippen LogP contribution in [0.15, 0.2) is 58.7 Å². The Kier molecular flexibility index (Phi) is 5.78. The zero-order valence-corrected chi connectivity index (χ0v) is 12.6. The molecule has 0 saturated heterocycles. The van der Waals surface area contributed by atoms with Crippen LogP contribution in [0.5, 0.6) is 0 Å². The summed E-state index contributed by atoms with van der Waals surface area (Å²) < 4.78 is 13.4. The van der Waals surface area contributed by atoms with Crippen molar-refractivity contribution in [2.75, 3.05) is 0 Å². The van der Waals surface area contributed by atoms with E-state index in [1.165, 1.54) is 36.2 Å². The molecule has 108 valence electrons. The van der Waals surface area contributed by atoms with Crippen molar-refractivity contribution in [3.05, 3.63) is 70.5 Å². The summed E-state index contributed by atoms with van der Waals surface area (Å²) in [6.07, 6.45) is 1.29. The minimum Gasteiger partial charge on any atom is -0.377 e. The Bertz CT molecular complexity index is 659. The Morgan fingerprint density at radius 2 is 2.00 bits per heavy atom. The summed E-state index contributed by atoms with van der Waals surface area (Å²) >= 11 is 7.15. The summed E-state index contributed by atoms with van der Waals surface area (Å²) in [5.41, 5.74) is 7.15. The fraction of sp³-hybridized carbons (Fsp3) is 0.0667. The molecule has 2 aromatic carbocycles. The summed E-state index contributed by atoms with van der Waals surface area (Å²) in [7, 11) is 0. The molecule has 0 atom stereocenters. The molecule has 0 spiro atoms. The lowest BCUT2D eigenvalue weighted by Crippen LogP contribution is -2.06. The first kappa shape index (κ1) is 15.5. The van der Waals surface area contributed by atoms with Gasteiger partial charge >= 0.3 is 0 Å². The first-order valence-electron chi connectivity index (χ1n) is 6.13. The van der Waals surface area contributed by atoms with Crippen LogP contribution in [0.4, 0.5) is 4.39 Å². The van der Waals surface area contributed by atoms with Gasteiger partial charge < -0.3 is 5.73 Å². The molecule has 0 bridgehead atoms. The van der Waals surface area contributed by atoms with Crippen LogP contribution in [0.1, 0.15) is 11.1 Å². The number of hydrogen-bond donors (Lipinski definition) is 1. The lowest BCUT2D eigenvalue weighted by Gasteiger charge is -1.99. The molecule has 2 N–H and O–H groups in total. The fourth-order valence-electron chi connectivity index (χ4n) is 1.52. The van der Waals surface area contributed by atoms with Crippen molar-refractivity contribution in [2.45, 2.75) is 5.75 Å². The van der Waals surface area contributed by atoms with Crippen LogP contribution in [0.2, 0.25) is 5.02 Å². The standard InChI is InChI=1S/C15H13ClFN3S/c16-13-6-7-14(17)12(8-13)9-19-20-15(18)21-10-11-4-2-1-3-5-11/h1-9H,10H2,(H2,18,20). The second-order valence-electron chi connectivity index (χ2n) is 4.12. The van der Waals surface area contributed by atoms with Crippen molar-refractivity contribution >= 4 is 34.7 Å². The molecule has 0 amide bonds. The molecule has 0 aliphatic rings. The molecule has 2 aromatic rings. The van der Waals surface area contributed by atoms with E-state index in [2.05, 4.69) is 10.2 Å². The summed E-state index contributed by atoms with van der Waals surface area (Å²) in [4.78, 5) is 0. The number of thioether (sulfide) groups is 1. The van der Waals surface area contributed by atoms with Crippen LogP contribution in [0.3, 0.4) is 0 Å². The van der Waals surface area contributed by atoms with E-state index >= 15 is 0 Å². The monoisotopic (exact) mass is 321 g/mol. The van der Waals surface area contributed by atoms with Gasteiger partial charge in [0, 0.05) is 16.3 Å². The fourth-order valence-corrected chi connectivity index (χ4v) is 2.31. The van der Waals surface area contributed by atoms with E-state index in [-0.39, 0.29) is 5.56 Å². The number of halogens is 2. The van der Waals surface area contributed by atoms with Crippen molar-refractivity contribution < 1.29 is 4.39 Å². The van der Waals surface area contributed by atoms with Crippen molar-refractivity contribution in [1.29, 1.82) is 0 Å². The zero-order chi connectivity index (χ0) is 15.1. The van der Waals surface area contributed by atoms with Crippen LogP contribution in [0.25, 0.3) is 0 Å². The third-order valence-corrected chi connectivity index (χ3v) is 3.63. The van der Waals surface area contributed by atoms with E-state index in [0.29, 0.717) is 15.9 Å². The van der Waals surface area contributed by atoms with Crippen LogP contribution >= 0.6 is 23.4 Å². The Labute approximate surface area is 131 Å². The summed E-state index contributed by atoms with van der Waals surface area (Å²) in [5, 5.41) is 8.35. The van der Waals surface area contributed by atoms with Crippen LogP contribution in [-0.4, -0.2) is 11.4 Å². The molecule has 0 unspecified atom stereocenters. The predicted molar refractivity (Wildman–Crippen MR) is 88.4 cm³/mol. The highest BCUT2D eigenvalue weighted by molar-refractivity contribution is 8.13. The highest BCUT2D eigenvalue weighted by atomic mass is 35.5. The average molecular weight is 322 g/mol.